The highest BCUT2D eigenvalue weighted by Crippen LogP contribution is 2.10. The zero-order valence-corrected chi connectivity index (χ0v) is 9.57. The number of allylic oxidation sites excluding steroid dienone is 5. The van der Waals surface area contributed by atoms with Gasteiger partial charge >= 0.3 is 0 Å². The lowest BCUT2D eigenvalue weighted by atomic mass is 10.1. The predicted octanol–water partition coefficient (Wildman–Crippen LogP) is 3.75. The molecule has 0 rings (SSSR count). The van der Waals surface area contributed by atoms with Gasteiger partial charge in [-0.15, -0.1) is 0 Å². The van der Waals surface area contributed by atoms with Crippen molar-refractivity contribution < 1.29 is 0 Å². The van der Waals surface area contributed by atoms with Gasteiger partial charge in [0, 0.05) is 5.71 Å². The van der Waals surface area contributed by atoms with Gasteiger partial charge in [0.05, 0.1) is 0 Å². The van der Waals surface area contributed by atoms with Crippen molar-refractivity contribution in [1.29, 1.82) is 5.41 Å². The van der Waals surface area contributed by atoms with E-state index in [2.05, 4.69) is 12.6 Å². The van der Waals surface area contributed by atoms with Gasteiger partial charge in [0.25, 0.3) is 0 Å². The fourth-order valence-electron chi connectivity index (χ4n) is 0.790. The van der Waals surface area contributed by atoms with Gasteiger partial charge in [-0.25, -0.2) is 0 Å². The van der Waals surface area contributed by atoms with Crippen LogP contribution in [0.5, 0.6) is 0 Å². The second kappa shape index (κ2) is 5.81. The molecule has 0 bridgehead atoms. The summed E-state index contributed by atoms with van der Waals surface area (Å²) >= 11 is 4.01. The van der Waals surface area contributed by atoms with Crippen molar-refractivity contribution in [2.45, 2.75) is 27.7 Å². The summed E-state index contributed by atoms with van der Waals surface area (Å²) in [5.74, 6) is 0. The van der Waals surface area contributed by atoms with Crippen LogP contribution in [0.15, 0.2) is 34.3 Å². The Morgan fingerprint density at radius 1 is 1.08 bits per heavy atom. The number of rotatable bonds is 3. The number of hydrogen-bond acceptors (Lipinski definition) is 2. The Balaban J connectivity index is 4.80. The van der Waals surface area contributed by atoms with Crippen LogP contribution in [-0.2, 0) is 0 Å². The second-order valence-corrected chi connectivity index (χ2v) is 3.43. The first-order valence-corrected chi connectivity index (χ1v) is 4.72. The summed E-state index contributed by atoms with van der Waals surface area (Å²) in [4.78, 5) is 0. The van der Waals surface area contributed by atoms with Crippen LogP contribution in [0, 0.1) is 5.41 Å². The van der Waals surface area contributed by atoms with Crippen molar-refractivity contribution in [1.82, 2.24) is 0 Å². The number of hydrogen-bond donors (Lipinski definition) is 2. The van der Waals surface area contributed by atoms with Gasteiger partial charge in [0.1, 0.15) is 0 Å². The lowest BCUT2D eigenvalue weighted by Crippen LogP contribution is -1.90. The molecular formula is C11H17NS. The highest BCUT2D eigenvalue weighted by atomic mass is 32.1. The summed E-state index contributed by atoms with van der Waals surface area (Å²) < 4.78 is 0. The first-order valence-electron chi connectivity index (χ1n) is 4.21. The molecule has 0 aromatic heterocycles. The van der Waals surface area contributed by atoms with Crippen LogP contribution in [0.4, 0.5) is 0 Å². The number of nitrogens with one attached hydrogen (secondary N) is 1. The van der Waals surface area contributed by atoms with Crippen molar-refractivity contribution in [2.24, 2.45) is 0 Å². The minimum Gasteiger partial charge on any atom is -0.305 e. The van der Waals surface area contributed by atoms with Crippen molar-refractivity contribution in [3.63, 3.8) is 0 Å². The van der Waals surface area contributed by atoms with E-state index in [1.807, 2.05) is 32.9 Å². The summed E-state index contributed by atoms with van der Waals surface area (Å²) in [6, 6.07) is 0. The van der Waals surface area contributed by atoms with Crippen LogP contribution in [-0.4, -0.2) is 5.71 Å². The van der Waals surface area contributed by atoms with E-state index >= 15 is 0 Å². The summed E-state index contributed by atoms with van der Waals surface area (Å²) in [6.45, 7) is 7.81. The van der Waals surface area contributed by atoms with E-state index in [0.29, 0.717) is 5.71 Å². The second-order valence-electron chi connectivity index (χ2n) is 3.13. The molecule has 0 saturated heterocycles. The third-order valence-corrected chi connectivity index (χ3v) is 2.12. The Morgan fingerprint density at radius 2 is 1.62 bits per heavy atom. The molecule has 0 aliphatic carbocycles. The van der Waals surface area contributed by atoms with Crippen molar-refractivity contribution in [3.05, 3.63) is 34.3 Å². The average molecular weight is 195 g/mol. The minimum atomic E-state index is 0.613. The molecule has 0 amide bonds. The van der Waals surface area contributed by atoms with E-state index in [1.165, 1.54) is 11.1 Å². The Morgan fingerprint density at radius 3 is 2.00 bits per heavy atom. The quantitative estimate of drug-likeness (QED) is 0.389. The van der Waals surface area contributed by atoms with E-state index in [9.17, 15) is 0 Å². The topological polar surface area (TPSA) is 23.9 Å². The molecule has 0 saturated carbocycles. The summed E-state index contributed by atoms with van der Waals surface area (Å²) in [6.07, 6.45) is 3.97. The fraction of sp³-hybridized carbons (Fsp3) is 0.364. The highest BCUT2D eigenvalue weighted by Gasteiger charge is 1.93. The average Bonchev–Trinajstić information content (AvgIpc) is 2.04. The Kier molecular flexibility index (Phi) is 5.47. The standard InChI is InChI=1S/C11H17NS/c1-8(5-6-13)9(2)7-10(3)11(4)12/h5-7,12-13H,1-4H3/b6-5-,9-8+,10-7+,12-11?. The molecule has 0 fully saturated rings. The van der Waals surface area contributed by atoms with Crippen molar-refractivity contribution in [2.75, 3.05) is 0 Å². The van der Waals surface area contributed by atoms with Gasteiger partial charge in [-0.1, -0.05) is 12.2 Å². The van der Waals surface area contributed by atoms with Crippen LogP contribution < -0.4 is 0 Å². The molecule has 0 unspecified atom stereocenters. The lowest BCUT2D eigenvalue weighted by molar-refractivity contribution is 1.34. The van der Waals surface area contributed by atoms with Gasteiger partial charge in [-0.05, 0) is 49.8 Å². The maximum absolute atomic E-state index is 7.41. The first kappa shape index (κ1) is 12.2. The molecule has 0 aliphatic heterocycles. The molecule has 1 nitrogen and oxygen atoms in total. The Labute approximate surface area is 86.2 Å². The molecule has 0 heterocycles. The molecule has 0 aliphatic rings. The normalized spacial score (nSPS) is 14.7. The zero-order valence-electron chi connectivity index (χ0n) is 8.68. The lowest BCUT2D eigenvalue weighted by Gasteiger charge is -2.00. The van der Waals surface area contributed by atoms with Crippen LogP contribution in [0.25, 0.3) is 0 Å². The summed E-state index contributed by atoms with van der Waals surface area (Å²) in [5, 5.41) is 9.13. The molecule has 1 N–H and O–H groups in total. The molecule has 13 heavy (non-hydrogen) atoms. The van der Waals surface area contributed by atoms with Gasteiger partial charge in [0.2, 0.25) is 0 Å². The van der Waals surface area contributed by atoms with Gasteiger partial charge in [-0.2, -0.15) is 12.6 Å². The molecular weight excluding hydrogens is 178 g/mol. The molecule has 0 aromatic rings. The molecule has 0 spiro atoms. The summed E-state index contributed by atoms with van der Waals surface area (Å²) in [7, 11) is 0. The van der Waals surface area contributed by atoms with E-state index < -0.39 is 0 Å². The van der Waals surface area contributed by atoms with Crippen LogP contribution in [0.2, 0.25) is 0 Å². The molecule has 72 valence electrons. The third kappa shape index (κ3) is 4.73. The van der Waals surface area contributed by atoms with Gasteiger partial charge < -0.3 is 5.41 Å². The van der Waals surface area contributed by atoms with Crippen molar-refractivity contribution >= 4 is 18.3 Å². The Hall–Kier alpha value is -0.760. The van der Waals surface area contributed by atoms with Gasteiger partial charge in [-0.3, -0.25) is 0 Å². The van der Waals surface area contributed by atoms with E-state index in [1.54, 1.807) is 12.3 Å². The molecule has 0 radical (unpaired) electrons. The monoisotopic (exact) mass is 195 g/mol. The SMILES string of the molecule is CC(=N)/C(C)=C/C(C)=C(C)/C=C\S. The summed E-state index contributed by atoms with van der Waals surface area (Å²) in [5.41, 5.74) is 3.97. The van der Waals surface area contributed by atoms with Gasteiger partial charge in [0.15, 0.2) is 0 Å². The van der Waals surface area contributed by atoms with E-state index in [0.717, 1.165) is 5.57 Å². The maximum Gasteiger partial charge on any atom is 0.0312 e. The predicted molar refractivity (Wildman–Crippen MR) is 63.7 cm³/mol. The first-order chi connectivity index (χ1) is 5.99. The van der Waals surface area contributed by atoms with Crippen LogP contribution >= 0.6 is 12.6 Å². The van der Waals surface area contributed by atoms with Crippen molar-refractivity contribution in [3.8, 4) is 0 Å². The Bertz CT molecular complexity index is 282. The number of thiol groups is 1. The zero-order chi connectivity index (χ0) is 10.4. The van der Waals surface area contributed by atoms with Crippen LogP contribution in [0.1, 0.15) is 27.7 Å². The van der Waals surface area contributed by atoms with E-state index in [-0.39, 0.29) is 0 Å². The molecule has 0 atom stereocenters. The fourth-order valence-corrected chi connectivity index (χ4v) is 1.01. The largest absolute Gasteiger partial charge is 0.305 e. The van der Waals surface area contributed by atoms with Crippen LogP contribution in [0.3, 0.4) is 0 Å². The smallest absolute Gasteiger partial charge is 0.0312 e. The van der Waals surface area contributed by atoms with E-state index in [4.69, 9.17) is 5.41 Å². The minimum absolute atomic E-state index is 0.613. The third-order valence-electron chi connectivity index (χ3n) is 1.97. The highest BCUT2D eigenvalue weighted by molar-refractivity contribution is 7.83. The molecule has 0 aromatic carbocycles. The maximum atomic E-state index is 7.41. The molecule has 2 heteroatoms.